The molecule has 0 unspecified atom stereocenters. The fraction of sp³-hybridized carbons (Fsp3) is 0.333. The molecule has 8 nitrogen and oxygen atoms in total. The molecule has 0 aliphatic heterocycles. The van der Waals surface area contributed by atoms with Crippen LogP contribution in [0.25, 0.3) is 0 Å². The van der Waals surface area contributed by atoms with Crippen molar-refractivity contribution in [1.82, 2.24) is 14.8 Å². The van der Waals surface area contributed by atoms with Crippen molar-refractivity contribution >= 4 is 5.78 Å². The number of Topliss-reactive ketones (excluding diaryl/α,β-unsaturated/α-hetero) is 1. The van der Waals surface area contributed by atoms with E-state index in [4.69, 9.17) is 0 Å². The van der Waals surface area contributed by atoms with Crippen molar-refractivity contribution in [1.29, 1.82) is 0 Å². The molecule has 0 radical (unpaired) electrons. The van der Waals surface area contributed by atoms with E-state index in [0.29, 0.717) is 17.5 Å². The van der Waals surface area contributed by atoms with Crippen molar-refractivity contribution in [3.8, 4) is 11.5 Å². The third-order valence-corrected chi connectivity index (χ3v) is 4.15. The van der Waals surface area contributed by atoms with Gasteiger partial charge in [-0.25, -0.2) is 0 Å². The van der Waals surface area contributed by atoms with E-state index in [2.05, 4.69) is 61.2 Å². The maximum absolute atomic E-state index is 11.4. The van der Waals surface area contributed by atoms with Crippen molar-refractivity contribution < 1.29 is 57.1 Å². The zero-order valence-corrected chi connectivity index (χ0v) is 26.0. The van der Waals surface area contributed by atoms with E-state index in [1.54, 1.807) is 24.3 Å². The van der Waals surface area contributed by atoms with Crippen LogP contribution in [0.2, 0.25) is 0 Å². The van der Waals surface area contributed by atoms with E-state index < -0.39 is 0 Å². The summed E-state index contributed by atoms with van der Waals surface area (Å²) in [5.41, 5.74) is 3.60. The van der Waals surface area contributed by atoms with Crippen LogP contribution in [0.1, 0.15) is 36.4 Å². The Bertz CT molecular complexity index is 928. The van der Waals surface area contributed by atoms with Gasteiger partial charge < -0.3 is 35.8 Å². The van der Waals surface area contributed by atoms with E-state index in [1.807, 2.05) is 12.1 Å². The summed E-state index contributed by atoms with van der Waals surface area (Å²) in [4.78, 5) is 18.3. The molecular weight excluding hydrogens is 684 g/mol. The van der Waals surface area contributed by atoms with Crippen molar-refractivity contribution in [2.24, 2.45) is 0 Å². The summed E-state index contributed by atoms with van der Waals surface area (Å²) in [5, 5.41) is 22.9. The van der Waals surface area contributed by atoms with E-state index in [0.717, 1.165) is 24.5 Å². The van der Waals surface area contributed by atoms with E-state index >= 15 is 0 Å². The number of rotatable bonds is 6. The summed E-state index contributed by atoms with van der Waals surface area (Å²) in [6, 6.07) is 19.8. The Morgan fingerprint density at radius 1 is 0.694 bits per heavy atom. The third kappa shape index (κ3) is 17.2. The monoisotopic (exact) mass is 719 g/mol. The zero-order valence-electron chi connectivity index (χ0n) is 21.9. The first-order valence-corrected chi connectivity index (χ1v) is 10.8. The predicted octanol–water partition coefficient (Wildman–Crippen LogP) is 2.99. The second-order valence-corrected chi connectivity index (χ2v) is 8.40. The first kappa shape index (κ1) is 38.3. The third-order valence-electron chi connectivity index (χ3n) is 4.15. The second kappa shape index (κ2) is 20.9. The number of nitrogens with zero attached hydrogens (tertiary/aromatic N) is 3. The van der Waals surface area contributed by atoms with Crippen molar-refractivity contribution in [2.75, 3.05) is 28.2 Å². The Balaban J connectivity index is -0.000000492. The number of ketones is 1. The Labute approximate surface area is 239 Å². The molecule has 9 heteroatoms. The molecule has 1 aromatic heterocycles. The number of benzene rings is 2. The molecule has 0 saturated heterocycles. The molecule has 2 aromatic carbocycles. The summed E-state index contributed by atoms with van der Waals surface area (Å²) in [6.45, 7) is 4.86. The molecular formula is C27H35N3O5U-6. The van der Waals surface area contributed by atoms with Gasteiger partial charge in [0, 0.05) is 44.2 Å². The van der Waals surface area contributed by atoms with Gasteiger partial charge in [-0.3, -0.25) is 4.98 Å². The zero-order chi connectivity index (χ0) is 24.8. The number of para-hydroxylation sites is 2. The van der Waals surface area contributed by atoms with Crippen LogP contribution >= 0.6 is 0 Å². The molecule has 0 aliphatic carbocycles. The number of carbonyl (C=O) groups is 1. The van der Waals surface area contributed by atoms with E-state index in [9.17, 15) is 15.0 Å². The molecule has 0 amide bonds. The molecule has 36 heavy (non-hydrogen) atoms. The molecule has 0 spiro atoms. The number of hydrogen-bond acceptors (Lipinski definition) is 6. The van der Waals surface area contributed by atoms with Crippen molar-refractivity contribution in [3.63, 3.8) is 0 Å². The minimum atomic E-state index is -0.0132. The molecule has 0 aliphatic rings. The van der Waals surface area contributed by atoms with Crippen molar-refractivity contribution in [2.45, 2.75) is 33.4 Å². The summed E-state index contributed by atoms with van der Waals surface area (Å²) in [6.07, 6.45) is 0.416. The fourth-order valence-electron chi connectivity index (χ4n) is 2.86. The van der Waals surface area contributed by atoms with Gasteiger partial charge >= 0.3 is 0 Å². The first-order chi connectivity index (χ1) is 15.6. The van der Waals surface area contributed by atoms with Gasteiger partial charge in [0.1, 0.15) is 5.78 Å². The molecule has 3 rings (SSSR count). The van der Waals surface area contributed by atoms with Crippen LogP contribution in [0.4, 0.5) is 0 Å². The normalized spacial score (nSPS) is 9.33. The molecule has 0 bridgehead atoms. The Morgan fingerprint density at radius 2 is 1.03 bits per heavy atom. The van der Waals surface area contributed by atoms with Crippen LogP contribution in [0.15, 0.2) is 66.7 Å². The topological polar surface area (TPSA) is 140 Å². The first-order valence-electron chi connectivity index (χ1n) is 10.8. The second-order valence-electron chi connectivity index (χ2n) is 8.40. The van der Waals surface area contributed by atoms with Gasteiger partial charge in [0.25, 0.3) is 0 Å². The maximum atomic E-state index is 11.4. The van der Waals surface area contributed by atoms with Crippen LogP contribution in [0.5, 0.6) is 11.5 Å². The molecule has 3 aromatic rings. The quantitative estimate of drug-likeness (QED) is 0.384. The van der Waals surface area contributed by atoms with Gasteiger partial charge in [-0.1, -0.05) is 65.7 Å². The summed E-state index contributed by atoms with van der Waals surface area (Å²) < 4.78 is 0. The van der Waals surface area contributed by atoms with Crippen LogP contribution < -0.4 is 10.2 Å². The fourth-order valence-corrected chi connectivity index (χ4v) is 2.86. The van der Waals surface area contributed by atoms with Gasteiger partial charge in [0.15, 0.2) is 0 Å². The van der Waals surface area contributed by atoms with E-state index in [-0.39, 0.29) is 59.3 Å². The van der Waals surface area contributed by atoms with Crippen LogP contribution in [-0.4, -0.2) is 48.8 Å². The molecule has 0 fully saturated rings. The summed E-state index contributed by atoms with van der Waals surface area (Å²) >= 11 is 0. The molecule has 0 saturated carbocycles. The van der Waals surface area contributed by atoms with Crippen LogP contribution in [-0.2, 0) is 35.3 Å². The average Bonchev–Trinajstić information content (AvgIpc) is 2.71. The number of hydrogen-bond donors (Lipinski definition) is 0. The molecule has 0 atom stereocenters. The summed E-state index contributed by atoms with van der Waals surface area (Å²) in [7, 11) is 8.22. The molecule has 0 N–H and O–H groups in total. The molecule has 198 valence electrons. The number of aromatic nitrogens is 1. The van der Waals surface area contributed by atoms with Crippen LogP contribution in [0, 0.1) is 31.1 Å². The van der Waals surface area contributed by atoms with Crippen LogP contribution in [0.3, 0.4) is 0 Å². The number of pyridine rings is 1. The van der Waals surface area contributed by atoms with Gasteiger partial charge in [0.05, 0.1) is 11.4 Å². The smallest absolute Gasteiger partial charge is 0.126 e. The largest absolute Gasteiger partial charge is 2.00 e. The SMILES string of the molecule is CC(C)=O.CN(C)Cc1cccc(CN(C)C)n1.[O-2].[O-2].[O-]c1ccccc1Cc1ccccc1[O-].[U]. The maximum Gasteiger partial charge on any atom is 0.126 e. The van der Waals surface area contributed by atoms with Gasteiger partial charge in [-0.05, 0) is 60.6 Å². The Kier molecular flexibility index (Phi) is 22.2. The minimum absolute atomic E-state index is 0. The van der Waals surface area contributed by atoms with Gasteiger partial charge in [0.2, 0.25) is 0 Å². The minimum Gasteiger partial charge on any atom is -2.00 e. The van der Waals surface area contributed by atoms with Gasteiger partial charge in [-0.2, -0.15) is 0 Å². The summed E-state index contributed by atoms with van der Waals surface area (Å²) in [5.74, 6) is 0.140. The van der Waals surface area contributed by atoms with Gasteiger partial charge in [-0.15, -0.1) is 11.5 Å². The Hall–Kier alpha value is -2.25. The van der Waals surface area contributed by atoms with Crippen molar-refractivity contribution in [3.05, 3.63) is 89.2 Å². The Morgan fingerprint density at radius 3 is 1.33 bits per heavy atom. The van der Waals surface area contributed by atoms with E-state index in [1.165, 1.54) is 26.0 Å². The standard InChI is InChI=1S/C13H12O2.C11H19N3.C3H6O.2O.U/c14-12-7-3-1-5-10(12)9-11-6-2-4-8-13(11)15;1-13(2)8-10-6-5-7-11(12-10)9-14(3)4;1-3(2)4;;;/h1-8,14-15H,9H2;5-7H,8-9H2,1-4H3;1-2H3;;;/q;;;2*-2;/p-2. The predicted molar refractivity (Wildman–Crippen MR) is 131 cm³/mol. The molecule has 1 heterocycles. The average molecular weight is 720 g/mol. The number of carbonyl (C=O) groups excluding carboxylic acids is 1.